The molecular weight excluding hydrogens is 431 g/mol. The predicted octanol–water partition coefficient (Wildman–Crippen LogP) is 2.28. The lowest BCUT2D eigenvalue weighted by atomic mass is 9.84. The van der Waals surface area contributed by atoms with Gasteiger partial charge in [0, 0.05) is 54.9 Å². The topological polar surface area (TPSA) is 144 Å². The molecule has 1 aliphatic rings. The number of primary amides is 1. The Balaban J connectivity index is 1.67. The number of carbonyl (C=O) groups is 1. The van der Waals surface area contributed by atoms with Gasteiger partial charge in [-0.1, -0.05) is 0 Å². The molecule has 2 aromatic heterocycles. The smallest absolute Gasteiger partial charge is 0.253 e. The number of amides is 1. The Morgan fingerprint density at radius 1 is 1.47 bits per heavy atom. The molecule has 1 saturated heterocycles. The van der Waals surface area contributed by atoms with Gasteiger partial charge in [0.1, 0.15) is 5.84 Å². The van der Waals surface area contributed by atoms with Crippen molar-refractivity contribution in [2.45, 2.75) is 38.3 Å². The van der Waals surface area contributed by atoms with Gasteiger partial charge >= 0.3 is 0 Å². The fraction of sp³-hybridized carbons (Fsp3) is 0.381. The van der Waals surface area contributed by atoms with Crippen LogP contribution in [0.15, 0.2) is 36.3 Å². The molecule has 3 heterocycles. The highest BCUT2D eigenvalue weighted by Gasteiger charge is 2.34. The number of nitrogens with two attached hydrogens (primary N) is 1. The molecule has 1 fully saturated rings. The van der Waals surface area contributed by atoms with E-state index in [0.717, 1.165) is 30.7 Å². The van der Waals surface area contributed by atoms with E-state index in [0.29, 0.717) is 12.8 Å². The first-order chi connectivity index (χ1) is 15.3. The fourth-order valence-electron chi connectivity index (χ4n) is 3.55. The van der Waals surface area contributed by atoms with E-state index in [9.17, 15) is 14.4 Å². The Hall–Kier alpha value is -3.36. The van der Waals surface area contributed by atoms with Crippen molar-refractivity contribution >= 4 is 28.8 Å². The average molecular weight is 457 g/mol. The van der Waals surface area contributed by atoms with Crippen LogP contribution in [0.25, 0.3) is 0 Å². The summed E-state index contributed by atoms with van der Waals surface area (Å²) in [5.41, 5.74) is 5.12. The van der Waals surface area contributed by atoms with Crippen LogP contribution in [0.1, 0.15) is 29.1 Å². The minimum absolute atomic E-state index is 0.0953. The second kappa shape index (κ2) is 10.3. The summed E-state index contributed by atoms with van der Waals surface area (Å²) in [6.45, 7) is 4.34. The van der Waals surface area contributed by atoms with Crippen LogP contribution in [-0.2, 0) is 11.3 Å². The van der Waals surface area contributed by atoms with E-state index in [1.807, 2.05) is 13.1 Å². The summed E-state index contributed by atoms with van der Waals surface area (Å²) < 4.78 is 13.3. The number of hydrogen-bond donors (Lipinski definition) is 4. The molecule has 2 aromatic rings. The van der Waals surface area contributed by atoms with Gasteiger partial charge in [-0.3, -0.25) is 15.1 Å². The predicted molar refractivity (Wildman–Crippen MR) is 120 cm³/mol. The first-order valence-corrected chi connectivity index (χ1v) is 10.9. The quantitative estimate of drug-likeness (QED) is 0.206. The molecule has 9 nitrogen and oxygen atoms in total. The number of nitrogens with zero attached hydrogens (tertiary/aromatic N) is 4. The number of nitriles is 1. The van der Waals surface area contributed by atoms with Gasteiger partial charge < -0.3 is 16.4 Å². The number of halogens is 1. The maximum Gasteiger partial charge on any atom is 0.253 e. The molecule has 32 heavy (non-hydrogen) atoms. The Labute approximate surface area is 189 Å². The molecule has 5 N–H and O–H groups in total. The number of thiazole rings is 1. The number of rotatable bonds is 8. The van der Waals surface area contributed by atoms with Crippen molar-refractivity contribution in [3.8, 4) is 6.07 Å². The lowest BCUT2D eigenvalue weighted by Crippen LogP contribution is -2.51. The van der Waals surface area contributed by atoms with Gasteiger partial charge in [0.05, 0.1) is 28.6 Å². The van der Waals surface area contributed by atoms with Gasteiger partial charge in [0.2, 0.25) is 5.95 Å². The zero-order valence-electron chi connectivity index (χ0n) is 17.7. The molecule has 0 saturated carbocycles. The normalized spacial score (nSPS) is 16.2. The molecule has 0 aliphatic carbocycles. The highest BCUT2D eigenvalue weighted by molar-refractivity contribution is 7.11. The first kappa shape index (κ1) is 23.3. The number of nitrogens with one attached hydrogen (secondary N) is 3. The van der Waals surface area contributed by atoms with E-state index in [4.69, 9.17) is 11.1 Å². The van der Waals surface area contributed by atoms with E-state index in [1.165, 1.54) is 23.3 Å². The number of pyridine rings is 1. The molecule has 0 aromatic carbocycles. The van der Waals surface area contributed by atoms with Gasteiger partial charge in [-0.15, -0.1) is 11.3 Å². The van der Waals surface area contributed by atoms with Crippen molar-refractivity contribution in [2.75, 3.05) is 18.4 Å². The summed E-state index contributed by atoms with van der Waals surface area (Å²) in [5, 5.41) is 24.4. The summed E-state index contributed by atoms with van der Waals surface area (Å²) in [7, 11) is 0. The van der Waals surface area contributed by atoms with Crippen LogP contribution in [0.3, 0.4) is 0 Å². The van der Waals surface area contributed by atoms with Crippen LogP contribution < -0.4 is 16.4 Å². The van der Waals surface area contributed by atoms with Crippen molar-refractivity contribution < 1.29 is 9.18 Å². The summed E-state index contributed by atoms with van der Waals surface area (Å²) in [4.78, 5) is 23.2. The molecule has 11 heteroatoms. The van der Waals surface area contributed by atoms with Gasteiger partial charge in [0.15, 0.2) is 0 Å². The largest absolute Gasteiger partial charge is 0.384 e. The van der Waals surface area contributed by atoms with Gasteiger partial charge in [-0.2, -0.15) is 9.65 Å². The van der Waals surface area contributed by atoms with Gasteiger partial charge in [-0.05, 0) is 25.8 Å². The Bertz CT molecular complexity index is 1050. The zero-order valence-corrected chi connectivity index (χ0v) is 18.5. The maximum atomic E-state index is 13.3. The molecular formula is C21H25FN8OS. The van der Waals surface area contributed by atoms with Crippen LogP contribution in [0.5, 0.6) is 0 Å². The van der Waals surface area contributed by atoms with E-state index in [-0.39, 0.29) is 23.5 Å². The third kappa shape index (κ3) is 6.09. The van der Waals surface area contributed by atoms with Crippen LogP contribution in [0, 0.1) is 29.6 Å². The minimum atomic E-state index is -0.811. The van der Waals surface area contributed by atoms with Crippen molar-refractivity contribution in [3.63, 3.8) is 0 Å². The number of aryl methyl sites for hydroxylation is 1. The maximum absolute atomic E-state index is 13.3. The third-order valence-corrected chi connectivity index (χ3v) is 6.23. The van der Waals surface area contributed by atoms with Gasteiger partial charge in [0.25, 0.3) is 5.91 Å². The number of amidine groups is 1. The fourth-order valence-corrected chi connectivity index (χ4v) is 4.38. The minimum Gasteiger partial charge on any atom is -0.384 e. The monoisotopic (exact) mass is 456 g/mol. The lowest BCUT2D eigenvalue weighted by Gasteiger charge is -2.41. The standard InChI is InChI=1S/C21H25FN8OS/c1-14-27-11-16(32-14)13-30-8-4-21(3-6-23,5-9-30)28-12-17(20(25)31)19(24)29-15-2-7-26-18(22)10-15/h2,7,10-12,28H,3-5,8-9,13H2,1H3,(H2,25,31)(H2,24,26,29)/b17-12+. The Morgan fingerprint density at radius 2 is 2.22 bits per heavy atom. The first-order valence-electron chi connectivity index (χ1n) is 10.1. The highest BCUT2D eigenvalue weighted by atomic mass is 32.1. The number of piperidine rings is 1. The average Bonchev–Trinajstić information content (AvgIpc) is 3.14. The number of hydrogen-bond acceptors (Lipinski definition) is 8. The summed E-state index contributed by atoms with van der Waals surface area (Å²) in [6.07, 6.45) is 6.16. The molecule has 0 radical (unpaired) electrons. The molecule has 0 atom stereocenters. The Kier molecular flexibility index (Phi) is 7.50. The summed E-state index contributed by atoms with van der Waals surface area (Å²) in [5.74, 6) is -1.80. The summed E-state index contributed by atoms with van der Waals surface area (Å²) >= 11 is 1.67. The van der Waals surface area contributed by atoms with Crippen LogP contribution in [0.4, 0.5) is 10.1 Å². The van der Waals surface area contributed by atoms with E-state index >= 15 is 0 Å². The zero-order chi connectivity index (χ0) is 23.1. The van der Waals surface area contributed by atoms with Crippen LogP contribution in [0.2, 0.25) is 0 Å². The van der Waals surface area contributed by atoms with Gasteiger partial charge in [-0.25, -0.2) is 9.97 Å². The van der Waals surface area contributed by atoms with Crippen molar-refractivity contribution in [3.05, 3.63) is 52.1 Å². The summed E-state index contributed by atoms with van der Waals surface area (Å²) in [6, 6.07) is 4.80. The molecule has 0 unspecified atom stereocenters. The number of carbonyl (C=O) groups excluding carboxylic acids is 1. The van der Waals surface area contributed by atoms with E-state index in [2.05, 4.69) is 31.6 Å². The Morgan fingerprint density at radius 3 is 2.81 bits per heavy atom. The molecule has 0 bridgehead atoms. The number of anilines is 1. The third-order valence-electron chi connectivity index (χ3n) is 5.33. The molecule has 1 aliphatic heterocycles. The lowest BCUT2D eigenvalue weighted by molar-refractivity contribution is -0.114. The van der Waals surface area contributed by atoms with E-state index < -0.39 is 17.4 Å². The molecule has 168 valence electrons. The number of likely N-dealkylation sites (tertiary alicyclic amines) is 1. The SMILES string of the molecule is Cc1ncc(CN2CCC(CC#N)(N/C=C(\C(=N)Nc3ccnc(F)c3)C(N)=O)CC2)s1. The molecule has 3 rings (SSSR count). The van der Waals surface area contributed by atoms with Crippen LogP contribution >= 0.6 is 11.3 Å². The highest BCUT2D eigenvalue weighted by Crippen LogP contribution is 2.27. The molecule has 1 amide bonds. The number of aromatic nitrogens is 2. The van der Waals surface area contributed by atoms with Crippen molar-refractivity contribution in [1.82, 2.24) is 20.2 Å². The van der Waals surface area contributed by atoms with Crippen LogP contribution in [-0.4, -0.2) is 45.2 Å². The molecule has 0 spiro atoms. The second-order valence-corrected chi connectivity index (χ2v) is 8.99. The van der Waals surface area contributed by atoms with Crippen molar-refractivity contribution in [1.29, 1.82) is 10.7 Å². The second-order valence-electron chi connectivity index (χ2n) is 7.67. The van der Waals surface area contributed by atoms with Crippen molar-refractivity contribution in [2.24, 2.45) is 5.73 Å². The van der Waals surface area contributed by atoms with E-state index in [1.54, 1.807) is 11.3 Å².